The first-order valence-electron chi connectivity index (χ1n) is 6.64. The Morgan fingerprint density at radius 3 is 2.55 bits per heavy atom. The summed E-state index contributed by atoms with van der Waals surface area (Å²) >= 11 is 5.75. The summed E-state index contributed by atoms with van der Waals surface area (Å²) in [6.45, 7) is 4.04. The Balaban J connectivity index is 2.11. The molecule has 0 amide bonds. The van der Waals surface area contributed by atoms with Crippen molar-refractivity contribution < 1.29 is 9.50 Å². The predicted octanol–water partition coefficient (Wildman–Crippen LogP) is 4.24. The van der Waals surface area contributed by atoms with E-state index in [9.17, 15) is 9.50 Å². The zero-order valence-corrected chi connectivity index (χ0v) is 12.4. The van der Waals surface area contributed by atoms with Crippen molar-refractivity contribution in [3.05, 3.63) is 69.5 Å². The quantitative estimate of drug-likeness (QED) is 0.893. The average molecular weight is 293 g/mol. The summed E-state index contributed by atoms with van der Waals surface area (Å²) in [7, 11) is 0. The number of rotatable bonds is 4. The topological polar surface area (TPSA) is 20.2 Å². The highest BCUT2D eigenvalue weighted by molar-refractivity contribution is 6.30. The van der Waals surface area contributed by atoms with Gasteiger partial charge in [0.05, 0.1) is 11.1 Å². The molecular formula is C17H18ClFO. The van der Waals surface area contributed by atoms with Crippen molar-refractivity contribution in [2.45, 2.75) is 32.8 Å². The van der Waals surface area contributed by atoms with Crippen molar-refractivity contribution in [1.29, 1.82) is 0 Å². The largest absolute Gasteiger partial charge is 0.392 e. The maximum atomic E-state index is 13.8. The van der Waals surface area contributed by atoms with E-state index in [0.717, 1.165) is 16.7 Å². The molecule has 2 aromatic carbocycles. The third-order valence-electron chi connectivity index (χ3n) is 3.45. The number of hydrogen-bond acceptors (Lipinski definition) is 1. The van der Waals surface area contributed by atoms with Crippen molar-refractivity contribution >= 4 is 11.6 Å². The zero-order chi connectivity index (χ0) is 14.7. The minimum Gasteiger partial charge on any atom is -0.392 e. The van der Waals surface area contributed by atoms with E-state index >= 15 is 0 Å². The van der Waals surface area contributed by atoms with E-state index in [1.54, 1.807) is 12.1 Å². The summed E-state index contributed by atoms with van der Waals surface area (Å²) in [6, 6.07) is 11.0. The summed E-state index contributed by atoms with van der Waals surface area (Å²) in [4.78, 5) is 0. The molecule has 20 heavy (non-hydrogen) atoms. The molecule has 0 fully saturated rings. The third kappa shape index (κ3) is 3.59. The first kappa shape index (κ1) is 15.0. The molecule has 2 aromatic rings. The monoisotopic (exact) mass is 292 g/mol. The molecule has 0 aliphatic carbocycles. The lowest BCUT2D eigenvalue weighted by Crippen LogP contribution is -2.15. The molecule has 1 nitrogen and oxygen atoms in total. The Hall–Kier alpha value is -1.38. The van der Waals surface area contributed by atoms with E-state index in [0.29, 0.717) is 12.0 Å². The number of aliphatic hydroxyl groups is 1. The van der Waals surface area contributed by atoms with Gasteiger partial charge in [0, 0.05) is 6.42 Å². The Kier molecular flexibility index (Phi) is 4.79. The van der Waals surface area contributed by atoms with Gasteiger partial charge in [-0.2, -0.15) is 0 Å². The molecule has 0 saturated heterocycles. The van der Waals surface area contributed by atoms with Crippen LogP contribution in [0, 0.1) is 19.7 Å². The Morgan fingerprint density at radius 2 is 1.80 bits per heavy atom. The Labute approximate surface area is 124 Å². The van der Waals surface area contributed by atoms with Crippen molar-refractivity contribution in [2.75, 3.05) is 0 Å². The zero-order valence-electron chi connectivity index (χ0n) is 11.7. The summed E-state index contributed by atoms with van der Waals surface area (Å²) in [6.07, 6.45) is 0.155. The van der Waals surface area contributed by atoms with Crippen LogP contribution < -0.4 is 0 Å². The lowest BCUT2D eigenvalue weighted by Gasteiger charge is -2.14. The molecule has 0 radical (unpaired) electrons. The summed E-state index contributed by atoms with van der Waals surface area (Å²) in [5.74, 6) is -0.436. The van der Waals surface area contributed by atoms with Gasteiger partial charge >= 0.3 is 0 Å². The third-order valence-corrected chi connectivity index (χ3v) is 3.74. The van der Waals surface area contributed by atoms with Crippen molar-refractivity contribution in [2.24, 2.45) is 0 Å². The average Bonchev–Trinajstić information content (AvgIpc) is 2.39. The number of hydrogen-bond donors (Lipinski definition) is 1. The first-order valence-corrected chi connectivity index (χ1v) is 7.02. The molecule has 0 heterocycles. The van der Waals surface area contributed by atoms with Gasteiger partial charge in [-0.15, -0.1) is 0 Å². The highest BCUT2D eigenvalue weighted by Gasteiger charge is 2.13. The van der Waals surface area contributed by atoms with Crippen LogP contribution in [-0.4, -0.2) is 11.2 Å². The van der Waals surface area contributed by atoms with Crippen LogP contribution in [0.25, 0.3) is 0 Å². The van der Waals surface area contributed by atoms with Crippen LogP contribution in [0.15, 0.2) is 36.4 Å². The summed E-state index contributed by atoms with van der Waals surface area (Å²) < 4.78 is 13.8. The van der Waals surface area contributed by atoms with E-state index < -0.39 is 11.9 Å². The molecule has 106 valence electrons. The molecule has 2 rings (SSSR count). The van der Waals surface area contributed by atoms with Gasteiger partial charge in [0.25, 0.3) is 0 Å². The van der Waals surface area contributed by atoms with E-state index in [1.165, 1.54) is 6.07 Å². The number of benzene rings is 2. The van der Waals surface area contributed by atoms with E-state index in [-0.39, 0.29) is 11.4 Å². The van der Waals surface area contributed by atoms with E-state index in [2.05, 4.69) is 6.07 Å². The molecule has 0 aliphatic rings. The van der Waals surface area contributed by atoms with Gasteiger partial charge in [0.2, 0.25) is 0 Å². The highest BCUT2D eigenvalue weighted by Crippen LogP contribution is 2.20. The fourth-order valence-corrected chi connectivity index (χ4v) is 2.50. The fourth-order valence-electron chi connectivity index (χ4n) is 2.31. The standard InChI is InChI=1S/C17H18ClFO/c1-11-6-7-12(2)14(8-11)10-15(20)9-13-4-3-5-16(18)17(13)19/h3-8,15,20H,9-10H2,1-2H3. The second kappa shape index (κ2) is 6.38. The van der Waals surface area contributed by atoms with Crippen molar-refractivity contribution in [3.8, 4) is 0 Å². The number of aliphatic hydroxyl groups excluding tert-OH is 1. The Morgan fingerprint density at radius 1 is 1.10 bits per heavy atom. The maximum absolute atomic E-state index is 13.8. The van der Waals surface area contributed by atoms with Gasteiger partial charge in [-0.25, -0.2) is 4.39 Å². The molecule has 1 atom stereocenters. The van der Waals surface area contributed by atoms with Crippen molar-refractivity contribution in [1.82, 2.24) is 0 Å². The van der Waals surface area contributed by atoms with Crippen LogP contribution in [-0.2, 0) is 12.8 Å². The lowest BCUT2D eigenvalue weighted by atomic mass is 9.97. The van der Waals surface area contributed by atoms with Gasteiger partial charge in [-0.1, -0.05) is 47.5 Å². The fraction of sp³-hybridized carbons (Fsp3) is 0.294. The maximum Gasteiger partial charge on any atom is 0.145 e. The van der Waals surface area contributed by atoms with Crippen LogP contribution in [0.5, 0.6) is 0 Å². The molecule has 0 bridgehead atoms. The summed E-state index contributed by atoms with van der Waals surface area (Å²) in [5.41, 5.74) is 3.85. The van der Waals surface area contributed by atoms with Crippen LogP contribution in [0.3, 0.4) is 0 Å². The van der Waals surface area contributed by atoms with Crippen LogP contribution in [0.2, 0.25) is 5.02 Å². The summed E-state index contributed by atoms with van der Waals surface area (Å²) in [5, 5.41) is 10.3. The van der Waals surface area contributed by atoms with Crippen LogP contribution in [0.4, 0.5) is 4.39 Å². The molecule has 1 unspecified atom stereocenters. The van der Waals surface area contributed by atoms with E-state index in [4.69, 9.17) is 11.6 Å². The number of aryl methyl sites for hydroxylation is 2. The van der Waals surface area contributed by atoms with Crippen LogP contribution >= 0.6 is 11.6 Å². The highest BCUT2D eigenvalue weighted by atomic mass is 35.5. The van der Waals surface area contributed by atoms with Crippen molar-refractivity contribution in [3.63, 3.8) is 0 Å². The van der Waals surface area contributed by atoms with Gasteiger partial charge < -0.3 is 5.11 Å². The molecule has 0 saturated carbocycles. The Bertz CT molecular complexity index is 606. The smallest absolute Gasteiger partial charge is 0.145 e. The first-order chi connectivity index (χ1) is 9.47. The van der Waals surface area contributed by atoms with Gasteiger partial charge in [-0.05, 0) is 43.0 Å². The molecular weight excluding hydrogens is 275 g/mol. The SMILES string of the molecule is Cc1ccc(C)c(CC(O)Cc2cccc(Cl)c2F)c1. The second-order valence-corrected chi connectivity index (χ2v) is 5.61. The van der Waals surface area contributed by atoms with Crippen LogP contribution in [0.1, 0.15) is 22.3 Å². The minimum atomic E-state index is -0.622. The minimum absolute atomic E-state index is 0.0986. The molecule has 0 aliphatic heterocycles. The van der Waals surface area contributed by atoms with Gasteiger partial charge in [-0.3, -0.25) is 0 Å². The van der Waals surface area contributed by atoms with Gasteiger partial charge in [0.15, 0.2) is 0 Å². The second-order valence-electron chi connectivity index (χ2n) is 5.20. The molecule has 0 spiro atoms. The normalized spacial score (nSPS) is 12.4. The molecule has 3 heteroatoms. The predicted molar refractivity (Wildman–Crippen MR) is 80.7 cm³/mol. The molecule has 1 N–H and O–H groups in total. The number of halogens is 2. The lowest BCUT2D eigenvalue weighted by molar-refractivity contribution is 0.174. The molecule has 0 aromatic heterocycles. The van der Waals surface area contributed by atoms with Gasteiger partial charge in [0.1, 0.15) is 5.82 Å². The van der Waals surface area contributed by atoms with E-state index in [1.807, 2.05) is 26.0 Å².